The fourth-order valence-corrected chi connectivity index (χ4v) is 1.77. The van der Waals surface area contributed by atoms with E-state index in [0.717, 1.165) is 5.69 Å². The number of hydrogen-bond acceptors (Lipinski definition) is 1. The molecule has 13 heavy (non-hydrogen) atoms. The molecule has 1 aliphatic rings. The lowest BCUT2D eigenvalue weighted by molar-refractivity contribution is 0.0913. The van der Waals surface area contributed by atoms with E-state index in [1.807, 2.05) is 24.4 Å². The molecular formula is C11H13NO. The summed E-state index contributed by atoms with van der Waals surface area (Å²) < 4.78 is 1.75. The van der Waals surface area contributed by atoms with Crippen molar-refractivity contribution in [1.29, 1.82) is 0 Å². The molecule has 1 aromatic rings. The molecule has 0 N–H and O–H groups in total. The second kappa shape index (κ2) is 2.87. The van der Waals surface area contributed by atoms with E-state index in [4.69, 9.17) is 0 Å². The fourth-order valence-electron chi connectivity index (χ4n) is 1.77. The Balaban J connectivity index is 2.52. The average molecular weight is 175 g/mol. The predicted molar refractivity (Wildman–Crippen MR) is 52.5 cm³/mol. The summed E-state index contributed by atoms with van der Waals surface area (Å²) in [7, 11) is 0. The monoisotopic (exact) mass is 175 g/mol. The molecule has 1 aliphatic heterocycles. The standard InChI is InChI=1S/C11H13NO/c1-8(2)9-5-6-11(13)12-7-3-4-10(9)12/h3-5,7-8H,6H2,1-2H3. The third-order valence-corrected chi connectivity index (χ3v) is 2.43. The summed E-state index contributed by atoms with van der Waals surface area (Å²) in [6.45, 7) is 4.30. The summed E-state index contributed by atoms with van der Waals surface area (Å²) in [5, 5.41) is 0. The largest absolute Gasteiger partial charge is 0.287 e. The summed E-state index contributed by atoms with van der Waals surface area (Å²) in [5.74, 6) is 0.658. The molecule has 2 rings (SSSR count). The zero-order chi connectivity index (χ0) is 9.42. The SMILES string of the molecule is CC(C)C1=CCC(=O)n2cccc21. The van der Waals surface area contributed by atoms with Crippen molar-refractivity contribution in [2.75, 3.05) is 0 Å². The van der Waals surface area contributed by atoms with Crippen molar-refractivity contribution in [1.82, 2.24) is 4.57 Å². The fraction of sp³-hybridized carbons (Fsp3) is 0.364. The molecule has 0 bridgehead atoms. The zero-order valence-electron chi connectivity index (χ0n) is 7.95. The van der Waals surface area contributed by atoms with E-state index < -0.39 is 0 Å². The molecule has 2 nitrogen and oxygen atoms in total. The molecule has 0 radical (unpaired) electrons. The Kier molecular flexibility index (Phi) is 1.83. The van der Waals surface area contributed by atoms with Gasteiger partial charge in [-0.25, -0.2) is 0 Å². The average Bonchev–Trinajstić information content (AvgIpc) is 2.53. The van der Waals surface area contributed by atoms with Crippen LogP contribution in [0.4, 0.5) is 0 Å². The highest BCUT2D eigenvalue weighted by Crippen LogP contribution is 2.27. The van der Waals surface area contributed by atoms with Gasteiger partial charge in [0.2, 0.25) is 5.91 Å². The Bertz CT molecular complexity index is 371. The molecule has 2 heterocycles. The molecule has 0 aromatic carbocycles. The molecule has 1 aromatic heterocycles. The van der Waals surface area contributed by atoms with Crippen LogP contribution < -0.4 is 0 Å². The van der Waals surface area contributed by atoms with Crippen molar-refractivity contribution >= 4 is 11.5 Å². The van der Waals surface area contributed by atoms with Gasteiger partial charge in [-0.05, 0) is 23.6 Å². The van der Waals surface area contributed by atoms with Gasteiger partial charge in [0.25, 0.3) is 0 Å². The first kappa shape index (κ1) is 8.30. The molecule has 0 atom stereocenters. The van der Waals surface area contributed by atoms with Gasteiger partial charge < -0.3 is 0 Å². The van der Waals surface area contributed by atoms with E-state index >= 15 is 0 Å². The molecule has 0 aliphatic carbocycles. The molecule has 0 amide bonds. The van der Waals surface area contributed by atoms with Crippen LogP contribution in [0.15, 0.2) is 24.4 Å². The van der Waals surface area contributed by atoms with Crippen LogP contribution in [0.3, 0.4) is 0 Å². The van der Waals surface area contributed by atoms with Crippen molar-refractivity contribution in [3.05, 3.63) is 30.1 Å². The first-order chi connectivity index (χ1) is 6.20. The van der Waals surface area contributed by atoms with Gasteiger partial charge >= 0.3 is 0 Å². The van der Waals surface area contributed by atoms with Crippen LogP contribution in [-0.2, 0) is 0 Å². The van der Waals surface area contributed by atoms with E-state index in [-0.39, 0.29) is 5.91 Å². The quantitative estimate of drug-likeness (QED) is 0.643. The zero-order valence-corrected chi connectivity index (χ0v) is 7.95. The Morgan fingerprint density at radius 2 is 2.23 bits per heavy atom. The Hall–Kier alpha value is -1.31. The smallest absolute Gasteiger partial charge is 0.234 e. The summed E-state index contributed by atoms with van der Waals surface area (Å²) in [5.41, 5.74) is 2.34. The van der Waals surface area contributed by atoms with Gasteiger partial charge in [-0.1, -0.05) is 19.9 Å². The van der Waals surface area contributed by atoms with Gasteiger partial charge in [-0.15, -0.1) is 0 Å². The summed E-state index contributed by atoms with van der Waals surface area (Å²) >= 11 is 0. The van der Waals surface area contributed by atoms with Crippen molar-refractivity contribution in [2.45, 2.75) is 20.3 Å². The van der Waals surface area contributed by atoms with Gasteiger partial charge in [0.15, 0.2) is 0 Å². The Morgan fingerprint density at radius 1 is 1.46 bits per heavy atom. The number of aromatic nitrogens is 1. The maximum atomic E-state index is 11.4. The van der Waals surface area contributed by atoms with E-state index in [1.54, 1.807) is 4.57 Å². The molecule has 0 unspecified atom stereocenters. The minimum Gasteiger partial charge on any atom is -0.287 e. The van der Waals surface area contributed by atoms with Gasteiger partial charge in [-0.2, -0.15) is 0 Å². The number of allylic oxidation sites excluding steroid dienone is 2. The number of rotatable bonds is 1. The lowest BCUT2D eigenvalue weighted by Gasteiger charge is -2.18. The highest BCUT2D eigenvalue weighted by molar-refractivity contribution is 5.89. The van der Waals surface area contributed by atoms with Crippen molar-refractivity contribution < 1.29 is 4.79 Å². The number of carbonyl (C=O) groups excluding carboxylic acids is 1. The van der Waals surface area contributed by atoms with Crippen LogP contribution in [0.2, 0.25) is 0 Å². The van der Waals surface area contributed by atoms with E-state index in [1.165, 1.54) is 5.57 Å². The van der Waals surface area contributed by atoms with Crippen molar-refractivity contribution in [2.24, 2.45) is 5.92 Å². The number of carbonyl (C=O) groups is 1. The second-order valence-electron chi connectivity index (χ2n) is 3.68. The molecule has 0 saturated heterocycles. The van der Waals surface area contributed by atoms with Crippen molar-refractivity contribution in [3.63, 3.8) is 0 Å². The summed E-state index contributed by atoms with van der Waals surface area (Å²) in [6, 6.07) is 3.93. The number of nitrogens with zero attached hydrogens (tertiary/aromatic N) is 1. The molecule has 0 spiro atoms. The van der Waals surface area contributed by atoms with Gasteiger partial charge in [0.05, 0.1) is 5.69 Å². The number of hydrogen-bond donors (Lipinski definition) is 0. The Labute approximate surface area is 77.9 Å². The maximum absolute atomic E-state index is 11.4. The van der Waals surface area contributed by atoms with Gasteiger partial charge in [-0.3, -0.25) is 9.36 Å². The highest BCUT2D eigenvalue weighted by atomic mass is 16.2. The van der Waals surface area contributed by atoms with Crippen LogP contribution in [-0.4, -0.2) is 10.5 Å². The first-order valence-electron chi connectivity index (χ1n) is 4.61. The van der Waals surface area contributed by atoms with Crippen LogP contribution in [0.5, 0.6) is 0 Å². The third-order valence-electron chi connectivity index (χ3n) is 2.43. The summed E-state index contributed by atoms with van der Waals surface area (Å²) in [6.07, 6.45) is 4.42. The maximum Gasteiger partial charge on any atom is 0.234 e. The lowest BCUT2D eigenvalue weighted by atomic mass is 9.96. The first-order valence-corrected chi connectivity index (χ1v) is 4.61. The van der Waals surface area contributed by atoms with Crippen LogP contribution in [0, 0.1) is 5.92 Å². The van der Waals surface area contributed by atoms with Crippen LogP contribution >= 0.6 is 0 Å². The normalized spacial score (nSPS) is 15.9. The van der Waals surface area contributed by atoms with Gasteiger partial charge in [0.1, 0.15) is 0 Å². The number of fused-ring (bicyclic) bond motifs is 1. The van der Waals surface area contributed by atoms with E-state index in [2.05, 4.69) is 13.8 Å². The molecule has 2 heteroatoms. The molecule has 0 fully saturated rings. The van der Waals surface area contributed by atoms with Crippen LogP contribution in [0.25, 0.3) is 5.57 Å². The molecular weight excluding hydrogens is 162 g/mol. The Morgan fingerprint density at radius 3 is 2.92 bits per heavy atom. The topological polar surface area (TPSA) is 22.0 Å². The molecule has 68 valence electrons. The minimum absolute atomic E-state index is 0.171. The predicted octanol–water partition coefficient (Wildman–Crippen LogP) is 2.57. The molecule has 0 saturated carbocycles. The second-order valence-corrected chi connectivity index (χ2v) is 3.68. The van der Waals surface area contributed by atoms with Gasteiger partial charge in [0, 0.05) is 12.6 Å². The van der Waals surface area contributed by atoms with Crippen LogP contribution in [0.1, 0.15) is 30.8 Å². The van der Waals surface area contributed by atoms with E-state index in [9.17, 15) is 4.79 Å². The highest BCUT2D eigenvalue weighted by Gasteiger charge is 2.18. The minimum atomic E-state index is 0.171. The summed E-state index contributed by atoms with van der Waals surface area (Å²) in [4.78, 5) is 11.4. The lowest BCUT2D eigenvalue weighted by Crippen LogP contribution is -2.17. The van der Waals surface area contributed by atoms with E-state index in [0.29, 0.717) is 12.3 Å². The third kappa shape index (κ3) is 1.22. The van der Waals surface area contributed by atoms with Crippen molar-refractivity contribution in [3.8, 4) is 0 Å².